The van der Waals surface area contributed by atoms with Crippen LogP contribution in [0.15, 0.2) is 303 Å². The highest BCUT2D eigenvalue weighted by molar-refractivity contribution is 5.99. The molecule has 0 aliphatic carbocycles. The lowest BCUT2D eigenvalue weighted by Crippen LogP contribution is -2.12. The highest BCUT2D eigenvalue weighted by Crippen LogP contribution is 2.44. The first-order valence-corrected chi connectivity index (χ1v) is 24.5. The molecular formula is C68H50N4. The van der Waals surface area contributed by atoms with E-state index in [4.69, 9.17) is 0 Å². The van der Waals surface area contributed by atoms with Crippen LogP contribution >= 0.6 is 0 Å². The van der Waals surface area contributed by atoms with Crippen molar-refractivity contribution in [2.75, 3.05) is 19.6 Å². The van der Waals surface area contributed by atoms with Gasteiger partial charge in [0.2, 0.25) is 0 Å². The van der Waals surface area contributed by atoms with Crippen LogP contribution in [-0.4, -0.2) is 0 Å². The van der Waals surface area contributed by atoms with Gasteiger partial charge in [-0.2, -0.15) is 0 Å². The number of benzene rings is 12. The van der Waals surface area contributed by atoms with Gasteiger partial charge in [0.25, 0.3) is 0 Å². The van der Waals surface area contributed by atoms with Gasteiger partial charge in [0.1, 0.15) is 0 Å². The molecule has 0 spiro atoms. The summed E-state index contributed by atoms with van der Waals surface area (Å²) in [6.45, 7) is 0. The average molecular weight is 923 g/mol. The van der Waals surface area contributed by atoms with Gasteiger partial charge in [-0.1, -0.05) is 164 Å². The van der Waals surface area contributed by atoms with Crippen LogP contribution in [-0.2, 0) is 0 Å². The van der Waals surface area contributed by atoms with Crippen molar-refractivity contribution >= 4 is 89.8 Å². The highest BCUT2D eigenvalue weighted by Gasteiger charge is 2.20. The van der Waals surface area contributed by atoms with E-state index in [0.29, 0.717) is 0 Å². The van der Waals surface area contributed by atoms with Crippen LogP contribution in [0, 0.1) is 0 Å². The Morgan fingerprint density at radius 1 is 0.167 bits per heavy atom. The Morgan fingerprint density at radius 2 is 0.458 bits per heavy atom. The van der Waals surface area contributed by atoms with Crippen molar-refractivity contribution in [1.29, 1.82) is 0 Å². The molecule has 12 aromatic rings. The fraction of sp³-hybridized carbons (Fsp3) is 0. The molecule has 12 rings (SSSR count). The minimum atomic E-state index is 1.07. The number of anilines is 12. The molecule has 0 fully saturated rings. The van der Waals surface area contributed by atoms with E-state index in [9.17, 15) is 0 Å². The maximum Gasteiger partial charge on any atom is 0.0540 e. The van der Waals surface area contributed by atoms with Gasteiger partial charge in [0.05, 0.1) is 5.69 Å². The predicted molar refractivity (Wildman–Crippen MR) is 306 cm³/mol. The summed E-state index contributed by atoms with van der Waals surface area (Å²) in [5, 5.41) is 4.80. The Balaban J connectivity index is 0.884. The summed E-state index contributed by atoms with van der Waals surface area (Å²) in [5.74, 6) is 0. The van der Waals surface area contributed by atoms with E-state index in [2.05, 4.69) is 323 Å². The second kappa shape index (κ2) is 19.8. The third-order valence-electron chi connectivity index (χ3n) is 13.4. The number of hydrogen-bond donors (Lipinski definition) is 0. The van der Waals surface area contributed by atoms with Crippen LogP contribution in [0.4, 0.5) is 68.2 Å². The first-order valence-electron chi connectivity index (χ1n) is 24.5. The van der Waals surface area contributed by atoms with Crippen molar-refractivity contribution in [3.63, 3.8) is 0 Å². The number of rotatable bonds is 13. The molecule has 72 heavy (non-hydrogen) atoms. The summed E-state index contributed by atoms with van der Waals surface area (Å²) in [6, 6.07) is 108. The summed E-state index contributed by atoms with van der Waals surface area (Å²) in [7, 11) is 0. The van der Waals surface area contributed by atoms with E-state index in [1.165, 1.54) is 21.5 Å². The summed E-state index contributed by atoms with van der Waals surface area (Å²) in [5.41, 5.74) is 15.4. The van der Waals surface area contributed by atoms with Crippen molar-refractivity contribution in [1.82, 2.24) is 0 Å². The topological polar surface area (TPSA) is 13.0 Å². The van der Waals surface area contributed by atoms with Gasteiger partial charge >= 0.3 is 0 Å². The summed E-state index contributed by atoms with van der Waals surface area (Å²) < 4.78 is 0. The van der Waals surface area contributed by atoms with Gasteiger partial charge in [-0.25, -0.2) is 0 Å². The Morgan fingerprint density at radius 3 is 0.889 bits per heavy atom. The highest BCUT2D eigenvalue weighted by atomic mass is 15.2. The van der Waals surface area contributed by atoms with Crippen LogP contribution in [0.2, 0.25) is 0 Å². The van der Waals surface area contributed by atoms with Crippen molar-refractivity contribution in [2.45, 2.75) is 0 Å². The lowest BCUT2D eigenvalue weighted by Gasteiger charge is -2.29. The van der Waals surface area contributed by atoms with Gasteiger partial charge in [0.15, 0.2) is 0 Å². The second-order valence-corrected chi connectivity index (χ2v) is 17.8. The molecule has 0 aliphatic heterocycles. The first-order chi connectivity index (χ1) is 35.7. The van der Waals surface area contributed by atoms with Gasteiger partial charge in [0, 0.05) is 67.9 Å². The third-order valence-corrected chi connectivity index (χ3v) is 13.4. The molecule has 0 amide bonds. The number of nitrogens with zero attached hydrogens (tertiary/aromatic N) is 4. The molecule has 0 saturated heterocycles. The van der Waals surface area contributed by atoms with E-state index < -0.39 is 0 Å². The fourth-order valence-electron chi connectivity index (χ4n) is 9.90. The first kappa shape index (κ1) is 43.6. The zero-order chi connectivity index (χ0) is 48.1. The molecule has 0 aliphatic rings. The standard InChI is InChI=1S/C68H50N4/c1-5-22-56(23-6-1)69(57-24-7-2-8-25-57)61-42-44-63(45-43-61)71(66-41-36-51-18-13-14-20-55(51)50-66)60-37-32-52(33-38-60)53-34-39-64(40-35-53)72(68-31-17-21-54-19-15-16-30-67(54)68)65-48-46-62(47-49-65)70(58-26-9-3-10-27-58)59-28-11-4-12-29-59/h1-50H. The fourth-order valence-corrected chi connectivity index (χ4v) is 9.90. The van der Waals surface area contributed by atoms with Crippen molar-refractivity contribution in [3.05, 3.63) is 303 Å². The smallest absolute Gasteiger partial charge is 0.0540 e. The molecular weight excluding hydrogens is 873 g/mol. The van der Waals surface area contributed by atoms with Crippen LogP contribution in [0.3, 0.4) is 0 Å². The van der Waals surface area contributed by atoms with Crippen molar-refractivity contribution in [2.24, 2.45) is 0 Å². The Bertz CT molecular complexity index is 3630. The molecule has 12 aromatic carbocycles. The molecule has 0 bridgehead atoms. The molecule has 0 N–H and O–H groups in total. The van der Waals surface area contributed by atoms with E-state index in [0.717, 1.165) is 79.4 Å². The summed E-state index contributed by atoms with van der Waals surface area (Å²) in [6.07, 6.45) is 0. The number of para-hydroxylation sites is 4. The van der Waals surface area contributed by atoms with E-state index in [1.807, 2.05) is 0 Å². The summed E-state index contributed by atoms with van der Waals surface area (Å²) in [4.78, 5) is 9.33. The van der Waals surface area contributed by atoms with Crippen LogP contribution < -0.4 is 19.6 Å². The number of hydrogen-bond acceptors (Lipinski definition) is 4. The van der Waals surface area contributed by atoms with E-state index >= 15 is 0 Å². The number of fused-ring (bicyclic) bond motifs is 2. The maximum atomic E-state index is 2.38. The monoisotopic (exact) mass is 922 g/mol. The molecule has 0 radical (unpaired) electrons. The van der Waals surface area contributed by atoms with E-state index in [1.54, 1.807) is 0 Å². The molecule has 4 nitrogen and oxygen atoms in total. The molecule has 4 heteroatoms. The normalized spacial score (nSPS) is 11.1. The van der Waals surface area contributed by atoms with Crippen LogP contribution in [0.25, 0.3) is 32.7 Å². The lowest BCUT2D eigenvalue weighted by molar-refractivity contribution is 1.26. The molecule has 0 aromatic heterocycles. The molecule has 0 saturated carbocycles. The summed E-state index contributed by atoms with van der Waals surface area (Å²) >= 11 is 0. The second-order valence-electron chi connectivity index (χ2n) is 17.8. The predicted octanol–water partition coefficient (Wildman–Crippen LogP) is 19.5. The molecule has 342 valence electrons. The minimum Gasteiger partial charge on any atom is -0.311 e. The quantitative estimate of drug-likeness (QED) is 0.114. The lowest BCUT2D eigenvalue weighted by atomic mass is 10.0. The zero-order valence-corrected chi connectivity index (χ0v) is 39.7. The SMILES string of the molecule is c1ccc(N(c2ccccc2)c2ccc(N(c3ccc(-c4ccc(N(c5ccc(N(c6ccccc6)c6ccccc6)cc5)c5cccc6ccccc56)cc4)cc3)c3ccc4ccccc4c3)cc2)cc1. The Labute approximate surface area is 421 Å². The van der Waals surface area contributed by atoms with Crippen LogP contribution in [0.5, 0.6) is 0 Å². The maximum absolute atomic E-state index is 2.38. The largest absolute Gasteiger partial charge is 0.311 e. The van der Waals surface area contributed by atoms with Gasteiger partial charge < -0.3 is 19.6 Å². The molecule has 0 atom stereocenters. The zero-order valence-electron chi connectivity index (χ0n) is 39.7. The Kier molecular flexibility index (Phi) is 12.0. The van der Waals surface area contributed by atoms with Gasteiger partial charge in [-0.05, 0) is 167 Å². The van der Waals surface area contributed by atoms with E-state index in [-0.39, 0.29) is 0 Å². The Hall–Kier alpha value is -9.64. The molecule has 0 heterocycles. The van der Waals surface area contributed by atoms with Crippen LogP contribution in [0.1, 0.15) is 0 Å². The van der Waals surface area contributed by atoms with Crippen molar-refractivity contribution < 1.29 is 0 Å². The van der Waals surface area contributed by atoms with Gasteiger partial charge in [-0.3, -0.25) is 0 Å². The van der Waals surface area contributed by atoms with Gasteiger partial charge in [-0.15, -0.1) is 0 Å². The minimum absolute atomic E-state index is 1.07. The average Bonchev–Trinajstić information content (AvgIpc) is 3.46. The molecule has 0 unspecified atom stereocenters. The van der Waals surface area contributed by atoms with Crippen molar-refractivity contribution in [3.8, 4) is 11.1 Å². The third kappa shape index (κ3) is 8.81.